The zero-order valence-corrected chi connectivity index (χ0v) is 12.6. The molecule has 0 aliphatic carbocycles. The first-order valence-electron chi connectivity index (χ1n) is 7.52. The highest BCUT2D eigenvalue weighted by Gasteiger charge is 2.15. The van der Waals surface area contributed by atoms with Crippen molar-refractivity contribution in [2.24, 2.45) is 0 Å². The Morgan fingerprint density at radius 3 is 2.30 bits per heavy atom. The number of carbonyl (C=O) groups excluding carboxylic acids is 2. The van der Waals surface area contributed by atoms with Crippen LogP contribution in [0, 0.1) is 0 Å². The Bertz CT molecular complexity index is 864. The third-order valence-corrected chi connectivity index (χ3v) is 3.96. The number of H-pyrrole nitrogens is 1. The Morgan fingerprint density at radius 1 is 0.870 bits per heavy atom. The molecule has 2 aromatic carbocycles. The van der Waals surface area contributed by atoms with Crippen molar-refractivity contribution in [1.29, 1.82) is 0 Å². The van der Waals surface area contributed by atoms with Gasteiger partial charge in [-0.15, -0.1) is 0 Å². The van der Waals surface area contributed by atoms with Gasteiger partial charge in [-0.2, -0.15) is 0 Å². The summed E-state index contributed by atoms with van der Waals surface area (Å²) in [6, 6.07) is 14.5. The van der Waals surface area contributed by atoms with Crippen molar-refractivity contribution < 1.29 is 14.7 Å². The number of aromatic nitrogens is 1. The lowest BCUT2D eigenvalue weighted by molar-refractivity contribution is 0.0917. The highest BCUT2D eigenvalue weighted by molar-refractivity contribution is 6.09. The summed E-state index contributed by atoms with van der Waals surface area (Å²) < 4.78 is 0. The molecule has 1 aromatic heterocycles. The molecule has 0 saturated heterocycles. The first-order valence-corrected chi connectivity index (χ1v) is 7.52. The van der Waals surface area contributed by atoms with Gasteiger partial charge in [-0.1, -0.05) is 42.5 Å². The van der Waals surface area contributed by atoms with E-state index in [1.807, 2.05) is 24.3 Å². The summed E-state index contributed by atoms with van der Waals surface area (Å²) in [5, 5.41) is 10.2. The van der Waals surface area contributed by atoms with E-state index in [4.69, 9.17) is 0 Å². The summed E-state index contributed by atoms with van der Waals surface area (Å²) in [5.74, 6) is -0.180. The average Bonchev–Trinajstić information content (AvgIpc) is 3.03. The minimum atomic E-state index is -0.182. The van der Waals surface area contributed by atoms with Crippen LogP contribution >= 0.6 is 0 Å². The predicted molar refractivity (Wildman–Crippen MR) is 88.6 cm³/mol. The van der Waals surface area contributed by atoms with Crippen molar-refractivity contribution >= 4 is 22.5 Å². The highest BCUT2D eigenvalue weighted by atomic mass is 16.3. The number of carbonyl (C=O) groups is 2. The molecule has 3 aromatic rings. The molecule has 0 unspecified atom stereocenters. The van der Waals surface area contributed by atoms with Crippen molar-refractivity contribution in [1.82, 2.24) is 4.98 Å². The standard InChI is InChI=1S/C19H17NO3/c21-12-13-5-1-2-6-14(13)18(22)9-10-19(23)16-11-20-17-8-4-3-7-15(16)17/h1-8,11,20-21H,9-10,12H2. The van der Waals surface area contributed by atoms with Gasteiger partial charge in [0.1, 0.15) is 0 Å². The molecule has 0 amide bonds. The second kappa shape index (κ2) is 6.58. The number of rotatable bonds is 6. The van der Waals surface area contributed by atoms with Crippen molar-refractivity contribution in [3.63, 3.8) is 0 Å². The zero-order chi connectivity index (χ0) is 16.2. The number of ketones is 2. The van der Waals surface area contributed by atoms with Crippen LogP contribution in [0.1, 0.15) is 39.1 Å². The molecule has 1 heterocycles. The minimum Gasteiger partial charge on any atom is -0.392 e. The number of nitrogens with one attached hydrogen (secondary N) is 1. The lowest BCUT2D eigenvalue weighted by Gasteiger charge is -2.05. The third-order valence-electron chi connectivity index (χ3n) is 3.96. The Hall–Kier alpha value is -2.72. The smallest absolute Gasteiger partial charge is 0.165 e. The summed E-state index contributed by atoms with van der Waals surface area (Å²) in [6.45, 7) is -0.182. The van der Waals surface area contributed by atoms with Crippen molar-refractivity contribution in [2.75, 3.05) is 0 Å². The quantitative estimate of drug-likeness (QED) is 0.685. The van der Waals surface area contributed by atoms with Gasteiger partial charge in [-0.05, 0) is 11.6 Å². The molecule has 0 saturated carbocycles. The fourth-order valence-electron chi connectivity index (χ4n) is 2.73. The molecule has 0 fully saturated rings. The number of aliphatic hydroxyl groups excluding tert-OH is 1. The lowest BCUT2D eigenvalue weighted by Crippen LogP contribution is -2.07. The van der Waals surface area contributed by atoms with E-state index in [-0.39, 0.29) is 31.0 Å². The summed E-state index contributed by atoms with van der Waals surface area (Å²) in [4.78, 5) is 27.7. The van der Waals surface area contributed by atoms with E-state index in [9.17, 15) is 14.7 Å². The maximum atomic E-state index is 12.4. The summed E-state index contributed by atoms with van der Waals surface area (Å²) in [7, 11) is 0. The van der Waals surface area contributed by atoms with Gasteiger partial charge in [0, 0.05) is 41.1 Å². The van der Waals surface area contributed by atoms with E-state index >= 15 is 0 Å². The molecular formula is C19H17NO3. The molecule has 0 atom stereocenters. The van der Waals surface area contributed by atoms with Crippen LogP contribution in [-0.2, 0) is 6.61 Å². The topological polar surface area (TPSA) is 70.2 Å². The van der Waals surface area contributed by atoms with E-state index in [1.165, 1.54) is 0 Å². The predicted octanol–water partition coefficient (Wildman–Crippen LogP) is 3.51. The second-order valence-corrected chi connectivity index (χ2v) is 5.41. The van der Waals surface area contributed by atoms with Gasteiger partial charge in [-0.25, -0.2) is 0 Å². The van der Waals surface area contributed by atoms with Crippen LogP contribution in [0.2, 0.25) is 0 Å². The van der Waals surface area contributed by atoms with Gasteiger partial charge >= 0.3 is 0 Å². The number of aromatic amines is 1. The maximum Gasteiger partial charge on any atom is 0.165 e. The van der Waals surface area contributed by atoms with Crippen LogP contribution in [0.5, 0.6) is 0 Å². The fourth-order valence-corrected chi connectivity index (χ4v) is 2.73. The van der Waals surface area contributed by atoms with Gasteiger partial charge < -0.3 is 10.1 Å². The van der Waals surface area contributed by atoms with E-state index < -0.39 is 0 Å². The Labute approximate surface area is 133 Å². The van der Waals surface area contributed by atoms with E-state index in [1.54, 1.807) is 30.5 Å². The van der Waals surface area contributed by atoms with Crippen LogP contribution in [0.4, 0.5) is 0 Å². The summed E-state index contributed by atoms with van der Waals surface area (Å²) >= 11 is 0. The fraction of sp³-hybridized carbons (Fsp3) is 0.158. The van der Waals surface area contributed by atoms with Crippen LogP contribution in [-0.4, -0.2) is 21.7 Å². The molecule has 116 valence electrons. The Balaban J connectivity index is 1.73. The van der Waals surface area contributed by atoms with Crippen LogP contribution in [0.3, 0.4) is 0 Å². The van der Waals surface area contributed by atoms with Gasteiger partial charge in [-0.3, -0.25) is 9.59 Å². The number of aliphatic hydroxyl groups is 1. The number of Topliss-reactive ketones (excluding diaryl/α,β-unsaturated/α-hetero) is 2. The van der Waals surface area contributed by atoms with E-state index in [0.29, 0.717) is 16.7 Å². The molecule has 23 heavy (non-hydrogen) atoms. The van der Waals surface area contributed by atoms with Gasteiger partial charge in [0.15, 0.2) is 11.6 Å². The molecular weight excluding hydrogens is 290 g/mol. The zero-order valence-electron chi connectivity index (χ0n) is 12.6. The number of hydrogen-bond acceptors (Lipinski definition) is 3. The van der Waals surface area contributed by atoms with Gasteiger partial charge in [0.05, 0.1) is 6.61 Å². The molecule has 4 nitrogen and oxygen atoms in total. The van der Waals surface area contributed by atoms with Gasteiger partial charge in [0.2, 0.25) is 0 Å². The molecule has 0 spiro atoms. The molecule has 4 heteroatoms. The first-order chi connectivity index (χ1) is 11.2. The van der Waals surface area contributed by atoms with Crippen LogP contribution in [0.25, 0.3) is 10.9 Å². The third kappa shape index (κ3) is 3.07. The lowest BCUT2D eigenvalue weighted by atomic mass is 9.98. The number of hydrogen-bond donors (Lipinski definition) is 2. The van der Waals surface area contributed by atoms with Crippen molar-refractivity contribution in [3.8, 4) is 0 Å². The maximum absolute atomic E-state index is 12.4. The molecule has 3 rings (SSSR count). The number of fused-ring (bicyclic) bond motifs is 1. The van der Waals surface area contributed by atoms with Crippen molar-refractivity contribution in [3.05, 3.63) is 71.4 Å². The van der Waals surface area contributed by atoms with Crippen LogP contribution < -0.4 is 0 Å². The largest absolute Gasteiger partial charge is 0.392 e. The number of benzene rings is 2. The van der Waals surface area contributed by atoms with Crippen molar-refractivity contribution in [2.45, 2.75) is 19.4 Å². The van der Waals surface area contributed by atoms with Gasteiger partial charge in [0.25, 0.3) is 0 Å². The SMILES string of the molecule is O=C(CCC(=O)c1c[nH]c2ccccc12)c1ccccc1CO. The van der Waals surface area contributed by atoms with Crippen LogP contribution in [0.15, 0.2) is 54.7 Å². The minimum absolute atomic E-state index is 0.0581. The van der Waals surface area contributed by atoms with E-state index in [0.717, 1.165) is 10.9 Å². The normalized spacial score (nSPS) is 10.8. The Morgan fingerprint density at radius 2 is 1.52 bits per heavy atom. The summed E-state index contributed by atoms with van der Waals surface area (Å²) in [6.07, 6.45) is 1.98. The molecule has 0 aliphatic heterocycles. The van der Waals surface area contributed by atoms with E-state index in [2.05, 4.69) is 4.98 Å². The number of para-hydroxylation sites is 1. The molecule has 0 aliphatic rings. The molecule has 0 bridgehead atoms. The second-order valence-electron chi connectivity index (χ2n) is 5.41. The molecule has 2 N–H and O–H groups in total. The monoisotopic (exact) mass is 307 g/mol. The first kappa shape index (κ1) is 15.2. The Kier molecular flexibility index (Phi) is 4.35. The summed E-state index contributed by atoms with van der Waals surface area (Å²) in [5.41, 5.74) is 2.61. The molecule has 0 radical (unpaired) electrons. The average molecular weight is 307 g/mol. The highest BCUT2D eigenvalue weighted by Crippen LogP contribution is 2.20.